The Hall–Kier alpha value is -2.70. The van der Waals surface area contributed by atoms with E-state index in [0.717, 1.165) is 0 Å². The van der Waals surface area contributed by atoms with E-state index in [0.29, 0.717) is 13.1 Å². The van der Waals surface area contributed by atoms with E-state index >= 15 is 0 Å². The first-order valence-electron chi connectivity index (χ1n) is 7.32. The van der Waals surface area contributed by atoms with Crippen molar-refractivity contribution in [2.45, 2.75) is 20.4 Å². The Kier molecular flexibility index (Phi) is 5.46. The molecule has 0 spiro atoms. The summed E-state index contributed by atoms with van der Waals surface area (Å²) in [5, 5.41) is 2.61. The predicted octanol–water partition coefficient (Wildman–Crippen LogP) is 2.23. The molecule has 1 aromatic heterocycles. The number of hydrogen-bond donors (Lipinski definition) is 1. The van der Waals surface area contributed by atoms with Gasteiger partial charge in [0.15, 0.2) is 5.69 Å². The number of carbonyl (C=O) groups excluding carboxylic acids is 2. The Labute approximate surface area is 133 Å². The summed E-state index contributed by atoms with van der Waals surface area (Å²) in [7, 11) is 0. The zero-order valence-corrected chi connectivity index (χ0v) is 13.0. The van der Waals surface area contributed by atoms with E-state index in [4.69, 9.17) is 4.42 Å². The molecular formula is C16H18FN3O3. The predicted molar refractivity (Wildman–Crippen MR) is 81.3 cm³/mol. The van der Waals surface area contributed by atoms with Crippen molar-refractivity contribution in [3.05, 3.63) is 53.5 Å². The maximum absolute atomic E-state index is 13.2. The average Bonchev–Trinajstić information content (AvgIpc) is 3.01. The molecule has 1 N–H and O–H groups in total. The van der Waals surface area contributed by atoms with Crippen LogP contribution in [0.1, 0.15) is 40.6 Å². The van der Waals surface area contributed by atoms with Gasteiger partial charge in [-0.15, -0.1) is 0 Å². The molecule has 0 unspecified atom stereocenters. The molecule has 0 radical (unpaired) electrons. The zero-order chi connectivity index (χ0) is 16.8. The molecule has 7 heteroatoms. The molecule has 2 rings (SSSR count). The van der Waals surface area contributed by atoms with Gasteiger partial charge in [-0.05, 0) is 32.0 Å². The SMILES string of the molecule is CCNC(=O)c1coc(CN(CC)C(=O)c2cccc(F)c2)n1. The van der Waals surface area contributed by atoms with Gasteiger partial charge in [0, 0.05) is 18.7 Å². The quantitative estimate of drug-likeness (QED) is 0.886. The van der Waals surface area contributed by atoms with E-state index < -0.39 is 5.82 Å². The summed E-state index contributed by atoms with van der Waals surface area (Å²) in [6.07, 6.45) is 1.25. The van der Waals surface area contributed by atoms with Crippen LogP contribution in [0.5, 0.6) is 0 Å². The monoisotopic (exact) mass is 319 g/mol. The minimum atomic E-state index is -0.471. The van der Waals surface area contributed by atoms with Gasteiger partial charge in [-0.25, -0.2) is 9.37 Å². The van der Waals surface area contributed by atoms with Crippen LogP contribution in [-0.4, -0.2) is 34.8 Å². The number of aromatic nitrogens is 1. The van der Waals surface area contributed by atoms with Crippen LogP contribution in [0.4, 0.5) is 4.39 Å². The number of benzene rings is 1. The highest BCUT2D eigenvalue weighted by atomic mass is 19.1. The van der Waals surface area contributed by atoms with Crippen molar-refractivity contribution in [2.75, 3.05) is 13.1 Å². The summed E-state index contributed by atoms with van der Waals surface area (Å²) >= 11 is 0. The van der Waals surface area contributed by atoms with Crippen molar-refractivity contribution >= 4 is 11.8 Å². The first-order valence-corrected chi connectivity index (χ1v) is 7.32. The molecule has 2 amide bonds. The van der Waals surface area contributed by atoms with Crippen LogP contribution < -0.4 is 5.32 Å². The highest BCUT2D eigenvalue weighted by Crippen LogP contribution is 2.11. The first kappa shape index (κ1) is 16.7. The third-order valence-corrected chi connectivity index (χ3v) is 3.19. The van der Waals surface area contributed by atoms with Crippen molar-refractivity contribution < 1.29 is 18.4 Å². The molecule has 0 atom stereocenters. The Morgan fingerprint density at radius 2 is 2.13 bits per heavy atom. The van der Waals surface area contributed by atoms with Gasteiger partial charge in [0.25, 0.3) is 11.8 Å². The lowest BCUT2D eigenvalue weighted by Crippen LogP contribution is -2.30. The fourth-order valence-corrected chi connectivity index (χ4v) is 2.03. The second-order valence-electron chi connectivity index (χ2n) is 4.82. The van der Waals surface area contributed by atoms with Gasteiger partial charge in [0.1, 0.15) is 12.1 Å². The largest absolute Gasteiger partial charge is 0.446 e. The fourth-order valence-electron chi connectivity index (χ4n) is 2.03. The normalized spacial score (nSPS) is 10.4. The van der Waals surface area contributed by atoms with Gasteiger partial charge >= 0.3 is 0 Å². The molecule has 1 heterocycles. The molecule has 2 aromatic rings. The fraction of sp³-hybridized carbons (Fsp3) is 0.312. The van der Waals surface area contributed by atoms with Gasteiger partial charge in [-0.2, -0.15) is 0 Å². The van der Waals surface area contributed by atoms with Gasteiger partial charge in [-0.1, -0.05) is 6.07 Å². The second-order valence-corrected chi connectivity index (χ2v) is 4.82. The van der Waals surface area contributed by atoms with Crippen LogP contribution in [0.3, 0.4) is 0 Å². The molecule has 1 aromatic carbocycles. The molecule has 0 fully saturated rings. The van der Waals surface area contributed by atoms with Crippen molar-refractivity contribution in [3.8, 4) is 0 Å². The summed E-state index contributed by atoms with van der Waals surface area (Å²) in [5.41, 5.74) is 0.415. The number of amides is 2. The minimum Gasteiger partial charge on any atom is -0.446 e. The van der Waals surface area contributed by atoms with Crippen molar-refractivity contribution in [1.29, 1.82) is 0 Å². The number of nitrogens with zero attached hydrogens (tertiary/aromatic N) is 2. The topological polar surface area (TPSA) is 75.4 Å². The molecule has 0 aliphatic carbocycles. The van der Waals surface area contributed by atoms with E-state index in [1.54, 1.807) is 19.9 Å². The van der Waals surface area contributed by atoms with Crippen LogP contribution in [-0.2, 0) is 6.54 Å². The highest BCUT2D eigenvalue weighted by molar-refractivity contribution is 5.94. The van der Waals surface area contributed by atoms with Gasteiger partial charge < -0.3 is 14.6 Å². The van der Waals surface area contributed by atoms with Crippen LogP contribution in [0, 0.1) is 5.82 Å². The smallest absolute Gasteiger partial charge is 0.273 e. The molecule has 0 bridgehead atoms. The molecule has 6 nitrogen and oxygen atoms in total. The number of halogens is 1. The van der Waals surface area contributed by atoms with Crippen molar-refractivity contribution in [1.82, 2.24) is 15.2 Å². The Morgan fingerprint density at radius 1 is 1.35 bits per heavy atom. The zero-order valence-electron chi connectivity index (χ0n) is 13.0. The standard InChI is InChI=1S/C16H18FN3O3/c1-3-18-15(21)13-10-23-14(19-13)9-20(4-2)16(22)11-6-5-7-12(17)8-11/h5-8,10H,3-4,9H2,1-2H3,(H,18,21). The summed E-state index contributed by atoms with van der Waals surface area (Å²) in [6.45, 7) is 4.58. The van der Waals surface area contributed by atoms with E-state index in [1.807, 2.05) is 0 Å². The third kappa shape index (κ3) is 4.15. The molecular weight excluding hydrogens is 301 g/mol. The number of carbonyl (C=O) groups is 2. The van der Waals surface area contributed by atoms with Crippen molar-refractivity contribution in [2.24, 2.45) is 0 Å². The molecule has 0 aliphatic heterocycles. The lowest BCUT2D eigenvalue weighted by Gasteiger charge is -2.19. The number of oxazole rings is 1. The maximum atomic E-state index is 13.2. The van der Waals surface area contributed by atoms with E-state index in [1.165, 1.54) is 29.4 Å². The lowest BCUT2D eigenvalue weighted by atomic mass is 10.2. The Morgan fingerprint density at radius 3 is 2.78 bits per heavy atom. The van der Waals surface area contributed by atoms with Crippen LogP contribution in [0.25, 0.3) is 0 Å². The first-order chi connectivity index (χ1) is 11.0. The second kappa shape index (κ2) is 7.53. The molecule has 0 saturated carbocycles. The maximum Gasteiger partial charge on any atom is 0.273 e. The minimum absolute atomic E-state index is 0.102. The Bertz CT molecular complexity index is 699. The van der Waals surface area contributed by atoms with Gasteiger partial charge in [0.05, 0.1) is 6.54 Å². The summed E-state index contributed by atoms with van der Waals surface area (Å²) in [5.74, 6) is -0.883. The van der Waals surface area contributed by atoms with E-state index in [2.05, 4.69) is 10.3 Å². The molecule has 0 aliphatic rings. The number of rotatable bonds is 6. The van der Waals surface area contributed by atoms with Crippen LogP contribution in [0.15, 0.2) is 34.9 Å². The lowest BCUT2D eigenvalue weighted by molar-refractivity contribution is 0.0737. The highest BCUT2D eigenvalue weighted by Gasteiger charge is 2.18. The molecule has 0 saturated heterocycles. The number of hydrogen-bond acceptors (Lipinski definition) is 4. The van der Waals surface area contributed by atoms with E-state index in [-0.39, 0.29) is 35.5 Å². The Balaban J connectivity index is 2.10. The summed E-state index contributed by atoms with van der Waals surface area (Å²) in [4.78, 5) is 29.6. The van der Waals surface area contributed by atoms with Gasteiger partial charge in [0.2, 0.25) is 5.89 Å². The van der Waals surface area contributed by atoms with Crippen LogP contribution in [0.2, 0.25) is 0 Å². The number of nitrogens with one attached hydrogen (secondary N) is 1. The summed E-state index contributed by atoms with van der Waals surface area (Å²) in [6, 6.07) is 5.49. The average molecular weight is 319 g/mol. The van der Waals surface area contributed by atoms with Crippen LogP contribution >= 0.6 is 0 Å². The third-order valence-electron chi connectivity index (χ3n) is 3.19. The molecule has 23 heavy (non-hydrogen) atoms. The molecule has 122 valence electrons. The van der Waals surface area contributed by atoms with Crippen molar-refractivity contribution in [3.63, 3.8) is 0 Å². The summed E-state index contributed by atoms with van der Waals surface area (Å²) < 4.78 is 18.5. The van der Waals surface area contributed by atoms with Gasteiger partial charge in [-0.3, -0.25) is 9.59 Å². The van der Waals surface area contributed by atoms with E-state index in [9.17, 15) is 14.0 Å².